The first-order chi connectivity index (χ1) is 16.4. The summed E-state index contributed by atoms with van der Waals surface area (Å²) in [4.78, 5) is 16.7. The Kier molecular flexibility index (Phi) is 5.80. The number of hydrogen-bond donors (Lipinski definition) is 4. The van der Waals surface area contributed by atoms with Gasteiger partial charge in [-0.3, -0.25) is 5.10 Å². The molecule has 4 N–H and O–H groups in total. The highest BCUT2D eigenvalue weighted by molar-refractivity contribution is 5.85. The van der Waals surface area contributed by atoms with Gasteiger partial charge in [-0.2, -0.15) is 15.1 Å². The number of anilines is 3. The number of fused-ring (bicyclic) bond motifs is 1. The molecule has 0 radical (unpaired) electrons. The van der Waals surface area contributed by atoms with Crippen LogP contribution in [-0.2, 0) is 6.61 Å². The van der Waals surface area contributed by atoms with Gasteiger partial charge < -0.3 is 29.9 Å². The van der Waals surface area contributed by atoms with Crippen LogP contribution in [-0.4, -0.2) is 68.4 Å². The third kappa shape index (κ3) is 4.39. The SMILES string of the molecule is Cc1cc2c(F)c(Oc3cc(Nc4cc(CO)[nH]n4)nc(N4CCN(C)CC4)n3)cc(C)c2[nH]1. The van der Waals surface area contributed by atoms with Crippen molar-refractivity contribution in [3.05, 3.63) is 47.0 Å². The molecule has 1 aliphatic rings. The van der Waals surface area contributed by atoms with E-state index in [1.165, 1.54) is 0 Å². The molecule has 0 spiro atoms. The summed E-state index contributed by atoms with van der Waals surface area (Å²) in [7, 11) is 2.07. The number of piperazine rings is 1. The van der Waals surface area contributed by atoms with Crippen LogP contribution >= 0.6 is 0 Å². The fourth-order valence-electron chi connectivity index (χ4n) is 4.04. The predicted octanol–water partition coefficient (Wildman–Crippen LogP) is 3.22. The average molecular weight is 467 g/mol. The minimum atomic E-state index is -0.445. The van der Waals surface area contributed by atoms with Gasteiger partial charge in [-0.15, -0.1) is 0 Å². The lowest BCUT2D eigenvalue weighted by Crippen LogP contribution is -2.45. The second-order valence-corrected chi connectivity index (χ2v) is 8.59. The Labute approximate surface area is 195 Å². The molecule has 1 aliphatic heterocycles. The van der Waals surface area contributed by atoms with Gasteiger partial charge in [0.05, 0.1) is 17.8 Å². The van der Waals surface area contributed by atoms with Gasteiger partial charge in [0, 0.05) is 49.4 Å². The van der Waals surface area contributed by atoms with E-state index in [-0.39, 0.29) is 18.2 Å². The van der Waals surface area contributed by atoms with Gasteiger partial charge in [0.15, 0.2) is 17.4 Å². The standard InChI is InChI=1S/C23H27FN8O2/c1-13-8-17(21(24)16-9-14(2)25-22(13)16)34-20-11-18(26-19-10-15(12-33)29-30-19)27-23(28-20)32-6-4-31(3)5-7-32/h8-11,25,33H,4-7,12H2,1-3H3,(H2,26,27,28,29,30). The minimum Gasteiger partial charge on any atom is -0.436 e. The van der Waals surface area contributed by atoms with Crippen LogP contribution in [0.4, 0.5) is 22.0 Å². The summed E-state index contributed by atoms with van der Waals surface area (Å²) in [5.41, 5.74) is 3.07. The highest BCUT2D eigenvalue weighted by atomic mass is 19.1. The van der Waals surface area contributed by atoms with Crippen LogP contribution < -0.4 is 15.0 Å². The van der Waals surface area contributed by atoms with Crippen molar-refractivity contribution in [2.75, 3.05) is 43.4 Å². The Morgan fingerprint density at radius 3 is 2.62 bits per heavy atom. The first-order valence-corrected chi connectivity index (χ1v) is 11.1. The molecule has 11 heteroatoms. The second-order valence-electron chi connectivity index (χ2n) is 8.59. The van der Waals surface area contributed by atoms with Crippen LogP contribution in [0.25, 0.3) is 10.9 Å². The van der Waals surface area contributed by atoms with E-state index in [1.807, 2.05) is 13.8 Å². The monoisotopic (exact) mass is 466 g/mol. The number of H-pyrrole nitrogens is 2. The lowest BCUT2D eigenvalue weighted by atomic mass is 10.1. The molecule has 1 fully saturated rings. The number of nitrogens with one attached hydrogen (secondary N) is 3. The molecule has 0 saturated carbocycles. The summed E-state index contributed by atoms with van der Waals surface area (Å²) in [5.74, 6) is 1.30. The van der Waals surface area contributed by atoms with E-state index in [1.54, 1.807) is 24.3 Å². The van der Waals surface area contributed by atoms with Crippen molar-refractivity contribution in [2.24, 2.45) is 0 Å². The maximum atomic E-state index is 15.3. The van der Waals surface area contributed by atoms with Crippen LogP contribution in [0.2, 0.25) is 0 Å². The number of rotatable bonds is 6. The zero-order valence-corrected chi connectivity index (χ0v) is 19.3. The zero-order chi connectivity index (χ0) is 23.8. The summed E-state index contributed by atoms with van der Waals surface area (Å²) in [6, 6.07) is 6.72. The Hall–Kier alpha value is -3.70. The molecular formula is C23H27FN8O2. The number of aryl methyl sites for hydroxylation is 2. The molecule has 0 bridgehead atoms. The summed E-state index contributed by atoms with van der Waals surface area (Å²) >= 11 is 0. The van der Waals surface area contributed by atoms with E-state index in [0.29, 0.717) is 28.7 Å². The van der Waals surface area contributed by atoms with Gasteiger partial charge in [-0.05, 0) is 38.6 Å². The molecule has 1 saturated heterocycles. The number of benzene rings is 1. The number of hydrogen-bond acceptors (Lipinski definition) is 8. The van der Waals surface area contributed by atoms with Crippen molar-refractivity contribution in [2.45, 2.75) is 20.5 Å². The van der Waals surface area contributed by atoms with Crippen molar-refractivity contribution >= 4 is 28.5 Å². The number of halogens is 1. The molecule has 5 rings (SSSR count). The second kappa shape index (κ2) is 8.92. The molecule has 4 heterocycles. The van der Waals surface area contributed by atoms with Crippen molar-refractivity contribution in [1.82, 2.24) is 30.0 Å². The smallest absolute Gasteiger partial charge is 0.230 e. The normalized spacial score (nSPS) is 14.7. The van der Waals surface area contributed by atoms with E-state index < -0.39 is 5.82 Å². The number of aromatic nitrogens is 5. The Balaban J connectivity index is 1.51. The van der Waals surface area contributed by atoms with Gasteiger partial charge in [-0.25, -0.2) is 4.39 Å². The molecule has 34 heavy (non-hydrogen) atoms. The highest BCUT2D eigenvalue weighted by Gasteiger charge is 2.20. The summed E-state index contributed by atoms with van der Waals surface area (Å²) < 4.78 is 21.3. The van der Waals surface area contributed by atoms with Crippen molar-refractivity contribution < 1.29 is 14.2 Å². The van der Waals surface area contributed by atoms with Crippen LogP contribution in [0.15, 0.2) is 24.3 Å². The first kappa shape index (κ1) is 22.1. The zero-order valence-electron chi connectivity index (χ0n) is 19.3. The lowest BCUT2D eigenvalue weighted by Gasteiger charge is -2.32. The molecule has 0 atom stereocenters. The van der Waals surface area contributed by atoms with Gasteiger partial charge in [0.2, 0.25) is 11.8 Å². The number of likely N-dealkylation sites (N-methyl/N-ethyl adjacent to an activating group) is 1. The van der Waals surface area contributed by atoms with Gasteiger partial charge in [-0.1, -0.05) is 0 Å². The minimum absolute atomic E-state index is 0.0975. The average Bonchev–Trinajstić information content (AvgIpc) is 3.44. The summed E-state index contributed by atoms with van der Waals surface area (Å²) in [6.45, 7) is 6.93. The third-order valence-corrected chi connectivity index (χ3v) is 5.90. The molecular weight excluding hydrogens is 439 g/mol. The fraction of sp³-hybridized carbons (Fsp3) is 0.348. The van der Waals surface area contributed by atoms with Crippen molar-refractivity contribution in [1.29, 1.82) is 0 Å². The Bertz CT molecular complexity index is 1330. The maximum Gasteiger partial charge on any atom is 0.230 e. The predicted molar refractivity (Wildman–Crippen MR) is 127 cm³/mol. The van der Waals surface area contributed by atoms with Gasteiger partial charge in [0.25, 0.3) is 0 Å². The molecule has 10 nitrogen and oxygen atoms in total. The van der Waals surface area contributed by atoms with Crippen molar-refractivity contribution in [3.8, 4) is 11.6 Å². The molecule has 4 aromatic rings. The third-order valence-electron chi connectivity index (χ3n) is 5.90. The van der Waals surface area contributed by atoms with Crippen LogP contribution in [0, 0.1) is 19.7 Å². The largest absolute Gasteiger partial charge is 0.436 e. The molecule has 178 valence electrons. The summed E-state index contributed by atoms with van der Waals surface area (Å²) in [6.07, 6.45) is 0. The molecule has 1 aromatic carbocycles. The quantitative estimate of drug-likeness (QED) is 0.342. The van der Waals surface area contributed by atoms with E-state index in [4.69, 9.17) is 4.74 Å². The number of aliphatic hydroxyl groups excluding tert-OH is 1. The molecule has 0 amide bonds. The first-order valence-electron chi connectivity index (χ1n) is 11.1. The topological polar surface area (TPSA) is 118 Å². The van der Waals surface area contributed by atoms with Crippen LogP contribution in [0.5, 0.6) is 11.6 Å². The van der Waals surface area contributed by atoms with Crippen LogP contribution in [0.1, 0.15) is 17.0 Å². The van der Waals surface area contributed by atoms with E-state index in [9.17, 15) is 5.11 Å². The Morgan fingerprint density at radius 2 is 1.88 bits per heavy atom. The Morgan fingerprint density at radius 1 is 1.09 bits per heavy atom. The van der Waals surface area contributed by atoms with E-state index >= 15 is 4.39 Å². The van der Waals surface area contributed by atoms with Gasteiger partial charge in [0.1, 0.15) is 5.82 Å². The van der Waals surface area contributed by atoms with Crippen LogP contribution in [0.3, 0.4) is 0 Å². The van der Waals surface area contributed by atoms with Gasteiger partial charge >= 0.3 is 0 Å². The number of aromatic amines is 2. The summed E-state index contributed by atoms with van der Waals surface area (Å²) in [5, 5.41) is 19.8. The fourth-order valence-corrected chi connectivity index (χ4v) is 4.04. The molecule has 3 aromatic heterocycles. The molecule has 0 unspecified atom stereocenters. The number of nitrogens with zero attached hydrogens (tertiary/aromatic N) is 5. The van der Waals surface area contributed by atoms with E-state index in [0.717, 1.165) is 43.0 Å². The van der Waals surface area contributed by atoms with Crippen molar-refractivity contribution in [3.63, 3.8) is 0 Å². The molecule has 0 aliphatic carbocycles. The number of ether oxygens (including phenoxy) is 1. The van der Waals surface area contributed by atoms with E-state index in [2.05, 4.69) is 47.3 Å². The highest BCUT2D eigenvalue weighted by Crippen LogP contribution is 2.33. The number of aliphatic hydroxyl groups is 1. The lowest BCUT2D eigenvalue weighted by molar-refractivity contribution is 0.276. The maximum absolute atomic E-state index is 15.3.